The Labute approximate surface area is 114 Å². The SMILES string of the molecule is CCC(O)(CC)CNc1nc(NC)nc(N(C)C)n1. The molecule has 0 fully saturated rings. The summed E-state index contributed by atoms with van der Waals surface area (Å²) in [5, 5.41) is 16.2. The fraction of sp³-hybridized carbons (Fsp3) is 0.750. The molecular formula is C12H24N6O. The van der Waals surface area contributed by atoms with Crippen molar-refractivity contribution in [1.29, 1.82) is 0 Å². The van der Waals surface area contributed by atoms with Crippen LogP contribution in [0.5, 0.6) is 0 Å². The second kappa shape index (κ2) is 6.51. The molecular weight excluding hydrogens is 244 g/mol. The van der Waals surface area contributed by atoms with Gasteiger partial charge in [0.25, 0.3) is 0 Å². The molecule has 0 saturated heterocycles. The van der Waals surface area contributed by atoms with Gasteiger partial charge in [-0.2, -0.15) is 15.0 Å². The van der Waals surface area contributed by atoms with E-state index in [2.05, 4.69) is 25.6 Å². The molecule has 7 nitrogen and oxygen atoms in total. The van der Waals surface area contributed by atoms with Gasteiger partial charge < -0.3 is 20.6 Å². The quantitative estimate of drug-likeness (QED) is 0.678. The van der Waals surface area contributed by atoms with Gasteiger partial charge in [-0.05, 0) is 12.8 Å². The highest BCUT2D eigenvalue weighted by Gasteiger charge is 2.22. The van der Waals surface area contributed by atoms with E-state index < -0.39 is 5.60 Å². The van der Waals surface area contributed by atoms with Crippen LogP contribution in [0.2, 0.25) is 0 Å². The highest BCUT2D eigenvalue weighted by atomic mass is 16.3. The third-order valence-electron chi connectivity index (χ3n) is 3.14. The van der Waals surface area contributed by atoms with Crippen molar-refractivity contribution in [2.75, 3.05) is 43.2 Å². The molecule has 1 rings (SSSR count). The minimum Gasteiger partial charge on any atom is -0.388 e. The molecule has 0 aliphatic rings. The van der Waals surface area contributed by atoms with Gasteiger partial charge in [0.2, 0.25) is 17.8 Å². The Morgan fingerprint density at radius 1 is 1.11 bits per heavy atom. The van der Waals surface area contributed by atoms with E-state index in [-0.39, 0.29) is 0 Å². The lowest BCUT2D eigenvalue weighted by Crippen LogP contribution is -2.36. The molecule has 0 aliphatic heterocycles. The number of anilines is 3. The van der Waals surface area contributed by atoms with Crippen LogP contribution < -0.4 is 15.5 Å². The lowest BCUT2D eigenvalue weighted by Gasteiger charge is -2.25. The van der Waals surface area contributed by atoms with Crippen molar-refractivity contribution in [3.8, 4) is 0 Å². The Morgan fingerprint density at radius 2 is 1.68 bits per heavy atom. The van der Waals surface area contributed by atoms with Gasteiger partial charge in [-0.3, -0.25) is 0 Å². The van der Waals surface area contributed by atoms with Crippen molar-refractivity contribution in [2.45, 2.75) is 32.3 Å². The summed E-state index contributed by atoms with van der Waals surface area (Å²) in [6, 6.07) is 0. The molecule has 0 spiro atoms. The first-order valence-electron chi connectivity index (χ1n) is 6.51. The molecule has 108 valence electrons. The lowest BCUT2D eigenvalue weighted by atomic mass is 9.98. The summed E-state index contributed by atoms with van der Waals surface area (Å²) in [4.78, 5) is 14.5. The Morgan fingerprint density at radius 3 is 2.16 bits per heavy atom. The van der Waals surface area contributed by atoms with Crippen molar-refractivity contribution >= 4 is 17.8 Å². The second-order valence-electron chi connectivity index (χ2n) is 4.71. The van der Waals surface area contributed by atoms with E-state index in [9.17, 15) is 5.11 Å². The summed E-state index contributed by atoms with van der Waals surface area (Å²) >= 11 is 0. The van der Waals surface area contributed by atoms with Gasteiger partial charge in [0.05, 0.1) is 5.60 Å². The number of rotatable bonds is 7. The maximum atomic E-state index is 10.2. The van der Waals surface area contributed by atoms with Crippen LogP contribution in [0.25, 0.3) is 0 Å². The average molecular weight is 268 g/mol. The zero-order valence-corrected chi connectivity index (χ0v) is 12.4. The van der Waals surface area contributed by atoms with Crippen LogP contribution in [0.3, 0.4) is 0 Å². The summed E-state index contributed by atoms with van der Waals surface area (Å²) in [6.07, 6.45) is 1.36. The maximum absolute atomic E-state index is 10.2. The molecule has 1 aromatic rings. The predicted molar refractivity (Wildman–Crippen MR) is 77.7 cm³/mol. The molecule has 0 aliphatic carbocycles. The first-order valence-corrected chi connectivity index (χ1v) is 6.51. The molecule has 19 heavy (non-hydrogen) atoms. The fourth-order valence-electron chi connectivity index (χ4n) is 1.50. The predicted octanol–water partition coefficient (Wildman–Crippen LogP) is 0.942. The van der Waals surface area contributed by atoms with Crippen molar-refractivity contribution in [3.05, 3.63) is 0 Å². The largest absolute Gasteiger partial charge is 0.388 e. The van der Waals surface area contributed by atoms with Crippen LogP contribution >= 0.6 is 0 Å². The van der Waals surface area contributed by atoms with Gasteiger partial charge in [-0.1, -0.05) is 13.8 Å². The van der Waals surface area contributed by atoms with Crippen LogP contribution in [-0.2, 0) is 0 Å². The van der Waals surface area contributed by atoms with E-state index >= 15 is 0 Å². The Hall–Kier alpha value is -1.63. The molecule has 1 aromatic heterocycles. The molecule has 1 heterocycles. The highest BCUT2D eigenvalue weighted by molar-refractivity contribution is 5.42. The van der Waals surface area contributed by atoms with E-state index in [0.29, 0.717) is 37.2 Å². The molecule has 0 unspecified atom stereocenters. The third-order valence-corrected chi connectivity index (χ3v) is 3.14. The zero-order chi connectivity index (χ0) is 14.5. The number of hydrogen-bond donors (Lipinski definition) is 3. The molecule has 0 aromatic carbocycles. The number of hydrogen-bond acceptors (Lipinski definition) is 7. The van der Waals surface area contributed by atoms with E-state index in [4.69, 9.17) is 0 Å². The molecule has 0 saturated carbocycles. The van der Waals surface area contributed by atoms with E-state index in [1.807, 2.05) is 27.9 Å². The molecule has 0 radical (unpaired) electrons. The second-order valence-corrected chi connectivity index (χ2v) is 4.71. The smallest absolute Gasteiger partial charge is 0.231 e. The number of aromatic nitrogens is 3. The van der Waals surface area contributed by atoms with Crippen LogP contribution in [-0.4, -0.2) is 53.3 Å². The highest BCUT2D eigenvalue weighted by Crippen LogP contribution is 2.16. The summed E-state index contributed by atoms with van der Waals surface area (Å²) in [6.45, 7) is 4.34. The van der Waals surface area contributed by atoms with E-state index in [1.54, 1.807) is 11.9 Å². The van der Waals surface area contributed by atoms with E-state index in [1.165, 1.54) is 0 Å². The van der Waals surface area contributed by atoms with Gasteiger partial charge in [0, 0.05) is 27.7 Å². The van der Waals surface area contributed by atoms with Gasteiger partial charge in [0.15, 0.2) is 0 Å². The zero-order valence-electron chi connectivity index (χ0n) is 12.4. The van der Waals surface area contributed by atoms with Crippen molar-refractivity contribution in [3.63, 3.8) is 0 Å². The first-order chi connectivity index (χ1) is 8.94. The minimum absolute atomic E-state index is 0.417. The topological polar surface area (TPSA) is 86.2 Å². The van der Waals surface area contributed by atoms with Crippen LogP contribution in [0.15, 0.2) is 0 Å². The van der Waals surface area contributed by atoms with E-state index in [0.717, 1.165) is 0 Å². The number of aliphatic hydroxyl groups is 1. The lowest BCUT2D eigenvalue weighted by molar-refractivity contribution is 0.0455. The fourth-order valence-corrected chi connectivity index (χ4v) is 1.50. The summed E-state index contributed by atoms with van der Waals surface area (Å²) < 4.78 is 0. The molecule has 0 bridgehead atoms. The Kier molecular flexibility index (Phi) is 5.29. The third kappa shape index (κ3) is 4.20. The molecule has 3 N–H and O–H groups in total. The average Bonchev–Trinajstić information content (AvgIpc) is 2.44. The summed E-state index contributed by atoms with van der Waals surface area (Å²) in [5.41, 5.74) is -0.731. The Bertz CT molecular complexity index is 405. The normalized spacial score (nSPS) is 11.3. The summed E-state index contributed by atoms with van der Waals surface area (Å²) in [7, 11) is 5.49. The molecule has 7 heteroatoms. The first kappa shape index (κ1) is 15.4. The van der Waals surface area contributed by atoms with Crippen LogP contribution in [0.1, 0.15) is 26.7 Å². The van der Waals surface area contributed by atoms with Gasteiger partial charge in [-0.25, -0.2) is 0 Å². The van der Waals surface area contributed by atoms with Gasteiger partial charge >= 0.3 is 0 Å². The van der Waals surface area contributed by atoms with Crippen molar-refractivity contribution in [1.82, 2.24) is 15.0 Å². The van der Waals surface area contributed by atoms with Crippen LogP contribution in [0, 0.1) is 0 Å². The van der Waals surface area contributed by atoms with Gasteiger partial charge in [-0.15, -0.1) is 0 Å². The van der Waals surface area contributed by atoms with Crippen LogP contribution in [0.4, 0.5) is 17.8 Å². The maximum Gasteiger partial charge on any atom is 0.231 e. The van der Waals surface area contributed by atoms with Gasteiger partial charge in [0.1, 0.15) is 0 Å². The van der Waals surface area contributed by atoms with Crippen molar-refractivity contribution < 1.29 is 5.11 Å². The van der Waals surface area contributed by atoms with Crippen molar-refractivity contribution in [2.24, 2.45) is 0 Å². The standard InChI is InChI=1S/C12H24N6O/c1-6-12(19,7-2)8-14-10-15-9(13-3)16-11(17-10)18(4)5/h19H,6-8H2,1-5H3,(H2,13,14,15,16,17). The summed E-state index contributed by atoms with van der Waals surface area (Å²) in [5.74, 6) is 1.53. The number of nitrogens with zero attached hydrogens (tertiary/aromatic N) is 4. The monoisotopic (exact) mass is 268 g/mol. The molecule has 0 atom stereocenters. The number of nitrogens with one attached hydrogen (secondary N) is 2. The molecule has 0 amide bonds. The minimum atomic E-state index is -0.731. The Balaban J connectivity index is 2.86.